The van der Waals surface area contributed by atoms with Crippen LogP contribution in [0.15, 0.2) is 12.1 Å². The van der Waals surface area contributed by atoms with Gasteiger partial charge in [-0.2, -0.15) is 0 Å². The SMILES string of the molecule is COCC1CCN(c2cc(C)c(F)cc2[C@H](C)N)CC1. The van der Waals surface area contributed by atoms with Crippen LogP contribution in [0.25, 0.3) is 0 Å². The zero-order chi connectivity index (χ0) is 14.7. The molecule has 20 heavy (non-hydrogen) atoms. The molecule has 112 valence electrons. The Labute approximate surface area is 120 Å². The van der Waals surface area contributed by atoms with Crippen LogP contribution in [0.4, 0.5) is 10.1 Å². The number of hydrogen-bond donors (Lipinski definition) is 1. The second-order valence-corrected chi connectivity index (χ2v) is 5.83. The van der Waals surface area contributed by atoms with E-state index in [4.69, 9.17) is 10.5 Å². The first-order valence-corrected chi connectivity index (χ1v) is 7.32. The van der Waals surface area contributed by atoms with E-state index in [0.717, 1.165) is 43.8 Å². The van der Waals surface area contributed by atoms with Crippen molar-refractivity contribution in [3.05, 3.63) is 29.1 Å². The quantitative estimate of drug-likeness (QED) is 0.921. The van der Waals surface area contributed by atoms with Crippen LogP contribution >= 0.6 is 0 Å². The predicted molar refractivity (Wildman–Crippen MR) is 80.6 cm³/mol. The van der Waals surface area contributed by atoms with Crippen molar-refractivity contribution in [3.63, 3.8) is 0 Å². The lowest BCUT2D eigenvalue weighted by Crippen LogP contribution is -2.36. The Morgan fingerprint density at radius 3 is 2.60 bits per heavy atom. The first kappa shape index (κ1) is 15.3. The summed E-state index contributed by atoms with van der Waals surface area (Å²) in [7, 11) is 1.75. The molecule has 2 N–H and O–H groups in total. The molecule has 0 amide bonds. The molecule has 4 heteroatoms. The molecule has 3 nitrogen and oxygen atoms in total. The number of nitrogens with two attached hydrogens (primary N) is 1. The topological polar surface area (TPSA) is 38.5 Å². The zero-order valence-corrected chi connectivity index (χ0v) is 12.7. The highest BCUT2D eigenvalue weighted by Gasteiger charge is 2.22. The van der Waals surface area contributed by atoms with Gasteiger partial charge < -0.3 is 15.4 Å². The van der Waals surface area contributed by atoms with Crippen LogP contribution in [0.3, 0.4) is 0 Å². The molecular weight excluding hydrogens is 255 g/mol. The maximum Gasteiger partial charge on any atom is 0.126 e. The third kappa shape index (κ3) is 3.30. The van der Waals surface area contributed by atoms with Gasteiger partial charge in [-0.3, -0.25) is 0 Å². The maximum atomic E-state index is 13.8. The summed E-state index contributed by atoms with van der Waals surface area (Å²) in [6, 6.07) is 3.37. The van der Waals surface area contributed by atoms with Gasteiger partial charge in [-0.05, 0) is 55.9 Å². The number of anilines is 1. The van der Waals surface area contributed by atoms with E-state index in [9.17, 15) is 4.39 Å². The molecule has 0 saturated carbocycles. The molecule has 1 aromatic rings. The summed E-state index contributed by atoms with van der Waals surface area (Å²) in [4.78, 5) is 2.33. The van der Waals surface area contributed by atoms with Crippen molar-refractivity contribution in [2.45, 2.75) is 32.7 Å². The summed E-state index contributed by atoms with van der Waals surface area (Å²) in [5, 5.41) is 0. The van der Waals surface area contributed by atoms with Crippen LogP contribution < -0.4 is 10.6 Å². The summed E-state index contributed by atoms with van der Waals surface area (Å²) in [6.45, 7) is 6.51. The standard InChI is InChI=1S/C16H25FN2O/c1-11-8-16(14(12(2)18)9-15(11)17)19-6-4-13(5-7-19)10-20-3/h8-9,12-13H,4-7,10,18H2,1-3H3/t12-/m0/s1. The van der Waals surface area contributed by atoms with Crippen molar-refractivity contribution in [1.29, 1.82) is 0 Å². The van der Waals surface area contributed by atoms with Crippen LogP contribution in [0.1, 0.15) is 36.9 Å². The van der Waals surface area contributed by atoms with E-state index >= 15 is 0 Å². The predicted octanol–water partition coefficient (Wildman–Crippen LogP) is 3.02. The molecule has 1 heterocycles. The fraction of sp³-hybridized carbons (Fsp3) is 0.625. The number of piperidine rings is 1. The molecule has 1 atom stereocenters. The molecule has 0 aromatic heterocycles. The lowest BCUT2D eigenvalue weighted by Gasteiger charge is -2.35. The maximum absolute atomic E-state index is 13.8. The monoisotopic (exact) mass is 280 g/mol. The Hall–Kier alpha value is -1.13. The number of methoxy groups -OCH3 is 1. The van der Waals surface area contributed by atoms with Gasteiger partial charge in [0.15, 0.2) is 0 Å². The van der Waals surface area contributed by atoms with Gasteiger partial charge in [0.25, 0.3) is 0 Å². The van der Waals surface area contributed by atoms with E-state index in [1.807, 2.05) is 19.9 Å². The van der Waals surface area contributed by atoms with Gasteiger partial charge in [-0.25, -0.2) is 4.39 Å². The molecule has 0 radical (unpaired) electrons. The molecule has 0 unspecified atom stereocenters. The highest BCUT2D eigenvalue weighted by Crippen LogP contribution is 2.31. The van der Waals surface area contributed by atoms with E-state index in [1.54, 1.807) is 13.2 Å². The molecule has 1 fully saturated rings. The Bertz CT molecular complexity index is 454. The molecule has 0 aliphatic carbocycles. The van der Waals surface area contributed by atoms with Gasteiger partial charge in [0, 0.05) is 38.5 Å². The fourth-order valence-electron chi connectivity index (χ4n) is 2.90. The van der Waals surface area contributed by atoms with Crippen molar-refractivity contribution in [2.75, 3.05) is 31.7 Å². The average Bonchev–Trinajstić information content (AvgIpc) is 2.42. The second-order valence-electron chi connectivity index (χ2n) is 5.83. The number of nitrogens with zero attached hydrogens (tertiary/aromatic N) is 1. The van der Waals surface area contributed by atoms with Crippen molar-refractivity contribution < 1.29 is 9.13 Å². The fourth-order valence-corrected chi connectivity index (χ4v) is 2.90. The van der Waals surface area contributed by atoms with Crippen LogP contribution in [-0.2, 0) is 4.74 Å². The number of hydrogen-bond acceptors (Lipinski definition) is 3. The summed E-state index contributed by atoms with van der Waals surface area (Å²) < 4.78 is 19.0. The Morgan fingerprint density at radius 2 is 2.05 bits per heavy atom. The number of halogens is 1. The summed E-state index contributed by atoms with van der Waals surface area (Å²) in [5.74, 6) is 0.465. The summed E-state index contributed by atoms with van der Waals surface area (Å²) in [6.07, 6.45) is 2.23. The van der Waals surface area contributed by atoms with Crippen LogP contribution in [0.2, 0.25) is 0 Å². The van der Waals surface area contributed by atoms with Gasteiger partial charge in [-0.15, -0.1) is 0 Å². The Morgan fingerprint density at radius 1 is 1.40 bits per heavy atom. The van der Waals surface area contributed by atoms with Crippen LogP contribution in [-0.4, -0.2) is 26.8 Å². The molecule has 2 rings (SSSR count). The van der Waals surface area contributed by atoms with Crippen molar-refractivity contribution in [1.82, 2.24) is 0 Å². The highest BCUT2D eigenvalue weighted by atomic mass is 19.1. The van der Waals surface area contributed by atoms with Crippen molar-refractivity contribution >= 4 is 5.69 Å². The minimum Gasteiger partial charge on any atom is -0.384 e. The van der Waals surface area contributed by atoms with Gasteiger partial charge in [-0.1, -0.05) is 0 Å². The lowest BCUT2D eigenvalue weighted by atomic mass is 9.95. The molecule has 1 aliphatic rings. The smallest absolute Gasteiger partial charge is 0.126 e. The Kier molecular flexibility index (Phi) is 5.00. The third-order valence-electron chi connectivity index (χ3n) is 4.16. The van der Waals surface area contributed by atoms with Crippen molar-refractivity contribution in [2.24, 2.45) is 11.7 Å². The molecule has 1 aromatic carbocycles. The van der Waals surface area contributed by atoms with E-state index in [-0.39, 0.29) is 11.9 Å². The average molecular weight is 280 g/mol. The molecule has 1 saturated heterocycles. The van der Waals surface area contributed by atoms with Gasteiger partial charge >= 0.3 is 0 Å². The zero-order valence-electron chi connectivity index (χ0n) is 12.7. The van der Waals surface area contributed by atoms with E-state index in [1.165, 1.54) is 0 Å². The first-order chi connectivity index (χ1) is 9.52. The summed E-state index contributed by atoms with van der Waals surface area (Å²) in [5.41, 5.74) is 8.68. The number of rotatable bonds is 4. The normalized spacial score (nSPS) is 18.4. The minimum absolute atomic E-state index is 0.156. The third-order valence-corrected chi connectivity index (χ3v) is 4.16. The van der Waals surface area contributed by atoms with Gasteiger partial charge in [0.2, 0.25) is 0 Å². The second kappa shape index (κ2) is 6.55. The largest absolute Gasteiger partial charge is 0.384 e. The number of ether oxygens (including phenoxy) is 1. The summed E-state index contributed by atoms with van der Waals surface area (Å²) >= 11 is 0. The molecule has 1 aliphatic heterocycles. The van der Waals surface area contributed by atoms with Crippen LogP contribution in [0, 0.1) is 18.7 Å². The first-order valence-electron chi connectivity index (χ1n) is 7.32. The van der Waals surface area contributed by atoms with Crippen LogP contribution in [0.5, 0.6) is 0 Å². The van der Waals surface area contributed by atoms with Crippen molar-refractivity contribution in [3.8, 4) is 0 Å². The lowest BCUT2D eigenvalue weighted by molar-refractivity contribution is 0.139. The number of aryl methyl sites for hydroxylation is 1. The highest BCUT2D eigenvalue weighted by molar-refractivity contribution is 5.57. The van der Waals surface area contributed by atoms with E-state index < -0.39 is 0 Å². The van der Waals surface area contributed by atoms with E-state index in [2.05, 4.69) is 4.90 Å². The Balaban J connectivity index is 2.18. The minimum atomic E-state index is -0.171. The molecule has 0 spiro atoms. The van der Waals surface area contributed by atoms with Gasteiger partial charge in [0.05, 0.1) is 0 Å². The van der Waals surface area contributed by atoms with E-state index in [0.29, 0.717) is 11.5 Å². The molecule has 0 bridgehead atoms. The van der Waals surface area contributed by atoms with Gasteiger partial charge in [0.1, 0.15) is 5.82 Å². The number of benzene rings is 1. The molecular formula is C16H25FN2O.